The summed E-state index contributed by atoms with van der Waals surface area (Å²) in [4.78, 5) is 7.98. The number of fused-ring (bicyclic) bond motifs is 1. The minimum Gasteiger partial charge on any atom is -0.374 e. The second-order valence-electron chi connectivity index (χ2n) is 4.04. The fraction of sp³-hybridized carbons (Fsp3) is 0.231. The van der Waals surface area contributed by atoms with Crippen molar-refractivity contribution in [1.82, 2.24) is 9.97 Å². The van der Waals surface area contributed by atoms with E-state index in [1.54, 1.807) is 12.4 Å². The summed E-state index contributed by atoms with van der Waals surface area (Å²) >= 11 is 0. The number of benzene rings is 1. The molecule has 0 fully saturated rings. The molecule has 1 N–H and O–H groups in total. The average Bonchev–Trinajstić information content (AvgIpc) is 2.40. The molecule has 0 bridgehead atoms. The Morgan fingerprint density at radius 2 is 2.00 bits per heavy atom. The lowest BCUT2D eigenvalue weighted by Crippen LogP contribution is -2.23. The second-order valence-corrected chi connectivity index (χ2v) is 4.04. The highest BCUT2D eigenvalue weighted by Gasteiger charge is 2.19. The van der Waals surface area contributed by atoms with Crippen LogP contribution in [0.5, 0.6) is 0 Å². The van der Waals surface area contributed by atoms with Crippen LogP contribution in [-0.2, 0) is 11.3 Å². The van der Waals surface area contributed by atoms with Gasteiger partial charge in [0.2, 0.25) is 0 Å². The van der Waals surface area contributed by atoms with Crippen molar-refractivity contribution in [2.75, 3.05) is 11.9 Å². The maximum atomic E-state index is 5.58. The molecule has 0 aliphatic carbocycles. The van der Waals surface area contributed by atoms with Crippen LogP contribution < -0.4 is 5.32 Å². The zero-order chi connectivity index (χ0) is 11.5. The van der Waals surface area contributed by atoms with Gasteiger partial charge in [0, 0.05) is 0 Å². The summed E-state index contributed by atoms with van der Waals surface area (Å²) in [6.45, 7) is 1.37. The third-order valence-corrected chi connectivity index (χ3v) is 2.87. The van der Waals surface area contributed by atoms with Crippen LogP contribution in [0.3, 0.4) is 0 Å². The number of nitrogens with one attached hydrogen (secondary N) is 1. The Morgan fingerprint density at radius 3 is 2.88 bits per heavy atom. The van der Waals surface area contributed by atoms with Gasteiger partial charge in [-0.2, -0.15) is 0 Å². The second kappa shape index (κ2) is 4.51. The lowest BCUT2D eigenvalue weighted by atomic mass is 9.99. The number of rotatable bonds is 2. The largest absolute Gasteiger partial charge is 0.374 e. The number of nitrogens with zero attached hydrogens (tertiary/aromatic N) is 2. The summed E-state index contributed by atoms with van der Waals surface area (Å²) in [6.07, 6.45) is 5.06. The minimum absolute atomic E-state index is 0.172. The van der Waals surface area contributed by atoms with E-state index in [1.807, 2.05) is 6.07 Å². The Kier molecular flexibility index (Phi) is 2.71. The molecular formula is C13H13N3O. The van der Waals surface area contributed by atoms with E-state index < -0.39 is 0 Å². The van der Waals surface area contributed by atoms with E-state index in [1.165, 1.54) is 17.5 Å². The van der Waals surface area contributed by atoms with Crippen molar-refractivity contribution in [2.45, 2.75) is 12.6 Å². The molecule has 86 valence electrons. The minimum atomic E-state index is 0.172. The molecule has 4 nitrogen and oxygen atoms in total. The molecule has 2 heterocycles. The zero-order valence-electron chi connectivity index (χ0n) is 9.34. The fourth-order valence-electron chi connectivity index (χ4n) is 2.08. The summed E-state index contributed by atoms with van der Waals surface area (Å²) in [6, 6.07) is 8.51. The van der Waals surface area contributed by atoms with Crippen molar-refractivity contribution in [3.05, 3.63) is 54.1 Å². The Hall–Kier alpha value is -1.94. The Morgan fingerprint density at radius 1 is 1.18 bits per heavy atom. The Balaban J connectivity index is 1.86. The predicted molar refractivity (Wildman–Crippen MR) is 64.5 cm³/mol. The van der Waals surface area contributed by atoms with E-state index in [2.05, 4.69) is 33.5 Å². The van der Waals surface area contributed by atoms with Crippen molar-refractivity contribution in [2.24, 2.45) is 0 Å². The first-order valence-electron chi connectivity index (χ1n) is 5.60. The molecule has 0 saturated carbocycles. The standard InChI is InChI=1S/C13H13N3O/c1-2-4-12-10(3-1)7-17-8-13(12)16-11-5-14-9-15-6-11/h1-6,9,13,16H,7-8H2. The van der Waals surface area contributed by atoms with E-state index in [0.717, 1.165) is 5.69 Å². The van der Waals surface area contributed by atoms with E-state index in [-0.39, 0.29) is 6.04 Å². The summed E-state index contributed by atoms with van der Waals surface area (Å²) in [7, 11) is 0. The van der Waals surface area contributed by atoms with E-state index in [0.29, 0.717) is 13.2 Å². The molecule has 0 spiro atoms. The number of hydrogen-bond donors (Lipinski definition) is 1. The first-order chi connectivity index (χ1) is 8.43. The van der Waals surface area contributed by atoms with Crippen molar-refractivity contribution in [1.29, 1.82) is 0 Å². The van der Waals surface area contributed by atoms with E-state index in [4.69, 9.17) is 4.74 Å². The summed E-state index contributed by atoms with van der Waals surface area (Å²) in [5.41, 5.74) is 3.45. The van der Waals surface area contributed by atoms with Gasteiger partial charge in [0.15, 0.2) is 0 Å². The molecule has 1 atom stereocenters. The summed E-state index contributed by atoms with van der Waals surface area (Å²) in [5.74, 6) is 0. The van der Waals surface area contributed by atoms with Gasteiger partial charge in [-0.25, -0.2) is 9.97 Å². The molecule has 2 aromatic rings. The zero-order valence-corrected chi connectivity index (χ0v) is 9.34. The van der Waals surface area contributed by atoms with E-state index >= 15 is 0 Å². The lowest BCUT2D eigenvalue weighted by Gasteiger charge is -2.27. The third-order valence-electron chi connectivity index (χ3n) is 2.87. The number of aromatic nitrogens is 2. The predicted octanol–water partition coefficient (Wildman–Crippen LogP) is 2.16. The molecule has 1 aromatic carbocycles. The van der Waals surface area contributed by atoms with Crippen LogP contribution >= 0.6 is 0 Å². The van der Waals surface area contributed by atoms with Crippen molar-refractivity contribution in [3.8, 4) is 0 Å². The Bertz CT molecular complexity index is 501. The smallest absolute Gasteiger partial charge is 0.115 e. The molecule has 1 aliphatic rings. The van der Waals surface area contributed by atoms with Gasteiger partial charge in [0.1, 0.15) is 6.33 Å². The molecule has 1 aromatic heterocycles. The molecule has 3 rings (SSSR count). The molecule has 17 heavy (non-hydrogen) atoms. The van der Waals surface area contributed by atoms with Crippen molar-refractivity contribution >= 4 is 5.69 Å². The highest BCUT2D eigenvalue weighted by atomic mass is 16.5. The molecule has 1 aliphatic heterocycles. The maximum absolute atomic E-state index is 5.58. The average molecular weight is 227 g/mol. The van der Waals surface area contributed by atoms with Crippen LogP contribution in [0.1, 0.15) is 17.2 Å². The van der Waals surface area contributed by atoms with Gasteiger partial charge in [0.05, 0.1) is 37.3 Å². The molecule has 0 radical (unpaired) electrons. The SMILES string of the molecule is c1ccc2c(c1)COCC2Nc1cncnc1. The number of anilines is 1. The van der Waals surface area contributed by atoms with Crippen LogP contribution in [0.4, 0.5) is 5.69 Å². The van der Waals surface area contributed by atoms with Crippen LogP contribution in [-0.4, -0.2) is 16.6 Å². The van der Waals surface area contributed by atoms with Crippen molar-refractivity contribution in [3.63, 3.8) is 0 Å². The van der Waals surface area contributed by atoms with Crippen LogP contribution in [0.25, 0.3) is 0 Å². The molecule has 4 heteroatoms. The van der Waals surface area contributed by atoms with Crippen molar-refractivity contribution < 1.29 is 4.74 Å². The van der Waals surface area contributed by atoms with Gasteiger partial charge >= 0.3 is 0 Å². The third kappa shape index (κ3) is 2.12. The van der Waals surface area contributed by atoms with Crippen LogP contribution in [0.15, 0.2) is 43.0 Å². The quantitative estimate of drug-likeness (QED) is 0.854. The topological polar surface area (TPSA) is 47.0 Å². The highest BCUT2D eigenvalue weighted by molar-refractivity contribution is 5.43. The number of hydrogen-bond acceptors (Lipinski definition) is 4. The highest BCUT2D eigenvalue weighted by Crippen LogP contribution is 2.27. The Labute approximate surface area is 99.7 Å². The van der Waals surface area contributed by atoms with Gasteiger partial charge in [0.25, 0.3) is 0 Å². The van der Waals surface area contributed by atoms with Gasteiger partial charge in [-0.15, -0.1) is 0 Å². The molecule has 1 unspecified atom stereocenters. The van der Waals surface area contributed by atoms with Crippen LogP contribution in [0, 0.1) is 0 Å². The molecular weight excluding hydrogens is 214 g/mol. The summed E-state index contributed by atoms with van der Waals surface area (Å²) < 4.78 is 5.58. The normalized spacial score (nSPS) is 18.5. The van der Waals surface area contributed by atoms with Gasteiger partial charge in [-0.1, -0.05) is 24.3 Å². The van der Waals surface area contributed by atoms with Crippen LogP contribution in [0.2, 0.25) is 0 Å². The molecule has 0 amide bonds. The monoisotopic (exact) mass is 227 g/mol. The van der Waals surface area contributed by atoms with Gasteiger partial charge in [-0.05, 0) is 11.1 Å². The fourth-order valence-corrected chi connectivity index (χ4v) is 2.08. The van der Waals surface area contributed by atoms with Gasteiger partial charge < -0.3 is 10.1 Å². The van der Waals surface area contributed by atoms with Gasteiger partial charge in [-0.3, -0.25) is 0 Å². The molecule has 0 saturated heterocycles. The first-order valence-corrected chi connectivity index (χ1v) is 5.60. The lowest BCUT2D eigenvalue weighted by molar-refractivity contribution is 0.0970. The summed E-state index contributed by atoms with van der Waals surface area (Å²) in [5, 5.41) is 3.39. The first kappa shape index (κ1) is 10.2. The maximum Gasteiger partial charge on any atom is 0.115 e. The number of ether oxygens (including phenoxy) is 1. The van der Waals surface area contributed by atoms with E-state index in [9.17, 15) is 0 Å².